The van der Waals surface area contributed by atoms with Gasteiger partial charge >= 0.3 is 0 Å². The summed E-state index contributed by atoms with van der Waals surface area (Å²) in [4.78, 5) is 59.8. The van der Waals surface area contributed by atoms with Crippen LogP contribution in [0.3, 0.4) is 0 Å². The molecule has 6 atom stereocenters. The number of amides is 4. The first kappa shape index (κ1) is 34.4. The Labute approximate surface area is 312 Å². The molecule has 0 radical (unpaired) electrons. The Balaban J connectivity index is 1.29. The first-order chi connectivity index (χ1) is 25.5. The molecule has 2 saturated heterocycles. The molecule has 2 aliphatic carbocycles. The molecule has 53 heavy (non-hydrogen) atoms. The number of nitrogens with zero attached hydrogens (tertiary/aromatic N) is 2. The number of aromatic hydroxyl groups is 1. The minimum absolute atomic E-state index is 0.0116. The maximum Gasteiger partial charge on any atom is 0.260 e. The average molecular weight is 728 g/mol. The fourth-order valence-corrected chi connectivity index (χ4v) is 9.15. The molecule has 4 aliphatic rings. The molecule has 6 unspecified atom stereocenters. The highest BCUT2D eigenvalue weighted by atomic mass is 35.5. The Hall–Kier alpha value is -5.67. The van der Waals surface area contributed by atoms with Crippen LogP contribution >= 0.6 is 11.6 Å². The van der Waals surface area contributed by atoms with Crippen LogP contribution < -0.4 is 15.1 Å². The van der Waals surface area contributed by atoms with Gasteiger partial charge in [0.1, 0.15) is 0 Å². The molecule has 2 N–H and O–H groups in total. The number of imide groups is 2. The molecule has 3 fully saturated rings. The van der Waals surface area contributed by atoms with E-state index >= 15 is 4.79 Å². The Morgan fingerprint density at radius 2 is 1.64 bits per heavy atom. The lowest BCUT2D eigenvalue weighted by atomic mass is 9.50. The zero-order chi connectivity index (χ0) is 37.2. The molecule has 4 aromatic carbocycles. The highest BCUT2D eigenvalue weighted by Gasteiger charge is 2.69. The van der Waals surface area contributed by atoms with Gasteiger partial charge in [-0.2, -0.15) is 5.01 Å². The lowest BCUT2D eigenvalue weighted by molar-refractivity contribution is -0.139. The number of phenolic OH excluding ortho intramolecular Hbond substituents is 1. The zero-order valence-electron chi connectivity index (χ0n) is 29.5. The molecule has 0 bridgehead atoms. The normalized spacial score (nSPS) is 26.4. The number of aryl methyl sites for hydroxylation is 2. The van der Waals surface area contributed by atoms with Crippen LogP contribution in [0.1, 0.15) is 35.1 Å². The third-order valence-corrected chi connectivity index (χ3v) is 12.0. The van der Waals surface area contributed by atoms with Gasteiger partial charge < -0.3 is 9.84 Å². The number of anilines is 2. The predicted molar refractivity (Wildman–Crippen MR) is 202 cm³/mol. The van der Waals surface area contributed by atoms with Crippen LogP contribution in [0.15, 0.2) is 109 Å². The van der Waals surface area contributed by atoms with Crippen molar-refractivity contribution in [2.75, 3.05) is 17.4 Å². The zero-order valence-corrected chi connectivity index (χ0v) is 30.2. The highest BCUT2D eigenvalue weighted by Crippen LogP contribution is 2.61. The number of carbonyl (C=O) groups is 4. The van der Waals surface area contributed by atoms with Gasteiger partial charge in [0.25, 0.3) is 11.8 Å². The van der Waals surface area contributed by atoms with E-state index in [9.17, 15) is 19.5 Å². The van der Waals surface area contributed by atoms with E-state index in [4.69, 9.17) is 16.3 Å². The maximum atomic E-state index is 15.2. The van der Waals surface area contributed by atoms with E-state index < -0.39 is 46.8 Å². The van der Waals surface area contributed by atoms with Gasteiger partial charge in [-0.1, -0.05) is 95.6 Å². The van der Waals surface area contributed by atoms with E-state index in [-0.39, 0.29) is 29.7 Å². The minimum atomic E-state index is -1.38. The van der Waals surface area contributed by atoms with E-state index in [2.05, 4.69) is 5.43 Å². The summed E-state index contributed by atoms with van der Waals surface area (Å²) >= 11 is 6.46. The van der Waals surface area contributed by atoms with Gasteiger partial charge in [-0.3, -0.25) is 24.6 Å². The third kappa shape index (κ3) is 5.36. The summed E-state index contributed by atoms with van der Waals surface area (Å²) in [5.74, 6) is -4.56. The van der Waals surface area contributed by atoms with Crippen LogP contribution in [-0.2, 0) is 24.6 Å². The predicted octanol–water partition coefficient (Wildman–Crippen LogP) is 7.41. The minimum Gasteiger partial charge on any atom is -0.504 e. The standard InChI is InChI=1S/C43H38ClN3O6/c1-24-9-14-28(15-10-24)45-47-40(50)34-23-32-30(17-18-31-38(32)41(51)46(39(31)49)29-16-11-25(2)35(44)22-29)33(19-12-26-13-20-36(48)37(21-26)53-3)43(34,42(47)52)27-7-5-4-6-8-27/h4-17,19-22,31-34,38,45,48H,18,23H2,1-3H3. The first-order valence-electron chi connectivity index (χ1n) is 17.7. The van der Waals surface area contributed by atoms with E-state index in [1.165, 1.54) is 18.1 Å². The lowest BCUT2D eigenvalue weighted by Crippen LogP contribution is -2.54. The number of benzene rings is 4. The quantitative estimate of drug-likeness (QED) is 0.151. The summed E-state index contributed by atoms with van der Waals surface area (Å²) in [6.45, 7) is 3.82. The van der Waals surface area contributed by atoms with Crippen molar-refractivity contribution in [3.05, 3.63) is 136 Å². The van der Waals surface area contributed by atoms with E-state index in [0.29, 0.717) is 33.9 Å². The van der Waals surface area contributed by atoms with Gasteiger partial charge in [-0.25, -0.2) is 4.90 Å². The van der Waals surface area contributed by atoms with Gasteiger partial charge in [0.15, 0.2) is 11.5 Å². The number of methoxy groups -OCH3 is 1. The molecular weight excluding hydrogens is 690 g/mol. The van der Waals surface area contributed by atoms with Crippen LogP contribution in [0.5, 0.6) is 11.5 Å². The summed E-state index contributed by atoms with van der Waals surface area (Å²) in [6, 6.07) is 27.0. The molecule has 0 spiro atoms. The van der Waals surface area contributed by atoms with Crippen molar-refractivity contribution >= 4 is 52.7 Å². The Morgan fingerprint density at radius 3 is 2.36 bits per heavy atom. The third-order valence-electron chi connectivity index (χ3n) is 11.6. The number of halogens is 1. The van der Waals surface area contributed by atoms with Crippen LogP contribution in [-0.4, -0.2) is 40.9 Å². The SMILES string of the molecule is COc1cc(C=CC2C3=CCC4C(=O)N(c5ccc(C)c(Cl)c5)C(=O)C4C3CC3C(=O)N(Nc4ccc(C)cc4)C(=O)C23c2ccccc2)ccc1O. The van der Waals surface area contributed by atoms with Gasteiger partial charge in [-0.15, -0.1) is 0 Å². The fourth-order valence-electron chi connectivity index (χ4n) is 8.97. The van der Waals surface area contributed by atoms with Crippen LogP contribution in [0.4, 0.5) is 11.4 Å². The number of phenols is 1. The van der Waals surface area contributed by atoms with Crippen molar-refractivity contribution in [3.8, 4) is 11.5 Å². The molecule has 268 valence electrons. The summed E-state index contributed by atoms with van der Waals surface area (Å²) in [7, 11) is 1.47. The molecule has 1 saturated carbocycles. The summed E-state index contributed by atoms with van der Waals surface area (Å²) in [5, 5.41) is 11.9. The number of fused-ring (bicyclic) bond motifs is 4. The van der Waals surface area contributed by atoms with E-state index in [1.807, 2.05) is 86.7 Å². The van der Waals surface area contributed by atoms with Gasteiger partial charge in [0.2, 0.25) is 11.8 Å². The molecule has 4 aromatic rings. The second kappa shape index (κ2) is 13.1. The smallest absolute Gasteiger partial charge is 0.260 e. The molecule has 2 aliphatic heterocycles. The number of rotatable bonds is 7. The summed E-state index contributed by atoms with van der Waals surface area (Å²) in [5.41, 5.74) is 6.84. The van der Waals surface area contributed by atoms with Crippen LogP contribution in [0.25, 0.3) is 6.08 Å². The van der Waals surface area contributed by atoms with Crippen molar-refractivity contribution in [1.29, 1.82) is 0 Å². The number of ether oxygens (including phenoxy) is 1. The van der Waals surface area contributed by atoms with Crippen LogP contribution in [0.2, 0.25) is 5.02 Å². The Bertz CT molecular complexity index is 2230. The first-order valence-corrected chi connectivity index (χ1v) is 18.1. The monoisotopic (exact) mass is 727 g/mol. The number of hydrogen-bond acceptors (Lipinski definition) is 7. The maximum absolute atomic E-state index is 15.2. The molecule has 9 nitrogen and oxygen atoms in total. The van der Waals surface area contributed by atoms with Crippen molar-refractivity contribution < 1.29 is 29.0 Å². The summed E-state index contributed by atoms with van der Waals surface area (Å²) in [6.07, 6.45) is 6.31. The van der Waals surface area contributed by atoms with Crippen molar-refractivity contribution in [3.63, 3.8) is 0 Å². The number of hydrazine groups is 1. The van der Waals surface area contributed by atoms with Gasteiger partial charge in [-0.05, 0) is 85.7 Å². The number of hydrogen-bond donors (Lipinski definition) is 2. The van der Waals surface area contributed by atoms with Crippen LogP contribution in [0, 0.1) is 43.4 Å². The molecule has 0 aromatic heterocycles. The molecule has 8 rings (SSSR count). The fraction of sp³-hybridized carbons (Fsp3) is 0.256. The Kier molecular flexibility index (Phi) is 8.49. The molecular formula is C43H38ClN3O6. The topological polar surface area (TPSA) is 116 Å². The molecule has 10 heteroatoms. The lowest BCUT2D eigenvalue weighted by Gasteiger charge is -2.49. The largest absolute Gasteiger partial charge is 0.504 e. The second-order valence-corrected chi connectivity index (χ2v) is 14.8. The Morgan fingerprint density at radius 1 is 0.887 bits per heavy atom. The summed E-state index contributed by atoms with van der Waals surface area (Å²) < 4.78 is 5.37. The number of allylic oxidation sites excluding steroid dienone is 3. The molecule has 4 amide bonds. The van der Waals surface area contributed by atoms with Crippen molar-refractivity contribution in [2.24, 2.45) is 29.6 Å². The van der Waals surface area contributed by atoms with Crippen molar-refractivity contribution in [2.45, 2.75) is 32.1 Å². The number of carbonyl (C=O) groups excluding carboxylic acids is 4. The highest BCUT2D eigenvalue weighted by molar-refractivity contribution is 6.32. The average Bonchev–Trinajstić information content (AvgIpc) is 3.54. The van der Waals surface area contributed by atoms with Crippen molar-refractivity contribution in [1.82, 2.24) is 5.01 Å². The van der Waals surface area contributed by atoms with E-state index in [0.717, 1.165) is 21.7 Å². The van der Waals surface area contributed by atoms with Gasteiger partial charge in [0, 0.05) is 10.9 Å². The van der Waals surface area contributed by atoms with Gasteiger partial charge in [0.05, 0.1) is 41.7 Å². The molecule has 2 heterocycles. The van der Waals surface area contributed by atoms with E-state index in [1.54, 1.807) is 30.3 Å². The number of nitrogens with one attached hydrogen (secondary N) is 1. The second-order valence-electron chi connectivity index (χ2n) is 14.4.